The highest BCUT2D eigenvalue weighted by Gasteiger charge is 2.28. The Kier molecular flexibility index (Phi) is 4.99. The Morgan fingerprint density at radius 1 is 1.16 bits per heavy atom. The number of hydrogen-bond acceptors (Lipinski definition) is 7. The summed E-state index contributed by atoms with van der Waals surface area (Å²) in [6, 6.07) is 11.5. The van der Waals surface area contributed by atoms with Crippen LogP contribution in [0.25, 0.3) is 17.4 Å². The normalized spacial score (nSPS) is 13.3. The number of carbonyl (C=O) groups excluding carboxylic acids is 1. The molecule has 1 amide bonds. The van der Waals surface area contributed by atoms with Crippen molar-refractivity contribution in [2.24, 2.45) is 0 Å². The van der Waals surface area contributed by atoms with E-state index in [1.807, 2.05) is 37.3 Å². The van der Waals surface area contributed by atoms with Crippen LogP contribution in [0, 0.1) is 6.92 Å². The van der Waals surface area contributed by atoms with Gasteiger partial charge in [-0.2, -0.15) is 9.78 Å². The molecule has 1 saturated carbocycles. The van der Waals surface area contributed by atoms with Gasteiger partial charge in [0.2, 0.25) is 17.7 Å². The molecule has 1 N–H and O–H groups in total. The molecule has 1 aliphatic carbocycles. The van der Waals surface area contributed by atoms with Crippen LogP contribution in [-0.4, -0.2) is 35.9 Å². The average Bonchev–Trinajstić information content (AvgIpc) is 3.39. The number of aryl methyl sites for hydroxylation is 2. The van der Waals surface area contributed by atoms with Gasteiger partial charge in [0.1, 0.15) is 5.82 Å². The SMILES string of the molecule is Cc1ccc(-c2nnc(CCC(=O)Nc3cc(C4CC4)nn3-c3ncccn3)o2)cc1. The molecule has 1 fully saturated rings. The number of carbonyl (C=O) groups is 1. The molecule has 5 rings (SSSR count). The molecular weight excluding hydrogens is 394 g/mol. The quantitative estimate of drug-likeness (QED) is 0.492. The second kappa shape index (κ2) is 8.10. The van der Waals surface area contributed by atoms with Crippen LogP contribution in [0.1, 0.15) is 42.3 Å². The number of aromatic nitrogens is 6. The lowest BCUT2D eigenvalue weighted by atomic mass is 10.1. The Labute approximate surface area is 178 Å². The Morgan fingerprint density at radius 2 is 1.94 bits per heavy atom. The van der Waals surface area contributed by atoms with Gasteiger partial charge in [0.05, 0.1) is 5.69 Å². The number of anilines is 1. The smallest absolute Gasteiger partial charge is 0.252 e. The first-order valence-electron chi connectivity index (χ1n) is 10.2. The third-order valence-corrected chi connectivity index (χ3v) is 5.06. The van der Waals surface area contributed by atoms with E-state index in [0.29, 0.717) is 35.9 Å². The van der Waals surface area contributed by atoms with Crippen LogP contribution < -0.4 is 5.32 Å². The van der Waals surface area contributed by atoms with Crippen LogP contribution in [0.3, 0.4) is 0 Å². The fourth-order valence-electron chi connectivity index (χ4n) is 3.21. The van der Waals surface area contributed by atoms with E-state index in [-0.39, 0.29) is 12.3 Å². The summed E-state index contributed by atoms with van der Waals surface area (Å²) in [5, 5.41) is 15.7. The van der Waals surface area contributed by atoms with Crippen molar-refractivity contribution in [2.75, 3.05) is 5.32 Å². The molecule has 0 unspecified atom stereocenters. The number of hydrogen-bond donors (Lipinski definition) is 1. The molecule has 4 aromatic rings. The first kappa shape index (κ1) is 19.1. The van der Waals surface area contributed by atoms with Gasteiger partial charge in [-0.1, -0.05) is 17.7 Å². The van der Waals surface area contributed by atoms with Crippen LogP contribution in [0.15, 0.2) is 53.2 Å². The standard InChI is InChI=1S/C22H21N7O2/c1-14-3-5-16(6-4-14)21-27-26-20(31-21)10-9-19(30)25-18-13-17(15-7-8-15)28-29(18)22-23-11-2-12-24-22/h2-6,11-13,15H,7-10H2,1H3,(H,25,30). The molecule has 0 spiro atoms. The van der Waals surface area contributed by atoms with Gasteiger partial charge < -0.3 is 9.73 Å². The zero-order valence-electron chi connectivity index (χ0n) is 17.0. The molecule has 9 heteroatoms. The van der Waals surface area contributed by atoms with Gasteiger partial charge in [-0.05, 0) is 38.0 Å². The molecule has 0 bridgehead atoms. The average molecular weight is 415 g/mol. The Morgan fingerprint density at radius 3 is 2.68 bits per heavy atom. The maximum Gasteiger partial charge on any atom is 0.252 e. The zero-order chi connectivity index (χ0) is 21.2. The van der Waals surface area contributed by atoms with E-state index in [1.54, 1.807) is 23.1 Å². The third kappa shape index (κ3) is 4.35. The minimum atomic E-state index is -0.172. The summed E-state index contributed by atoms with van der Waals surface area (Å²) >= 11 is 0. The van der Waals surface area contributed by atoms with E-state index >= 15 is 0 Å². The van der Waals surface area contributed by atoms with Crippen molar-refractivity contribution in [3.63, 3.8) is 0 Å². The highest BCUT2D eigenvalue weighted by atomic mass is 16.4. The van der Waals surface area contributed by atoms with Crippen molar-refractivity contribution < 1.29 is 9.21 Å². The van der Waals surface area contributed by atoms with E-state index in [0.717, 1.165) is 29.7 Å². The monoisotopic (exact) mass is 415 g/mol. The Bertz CT molecular complexity index is 1190. The topological polar surface area (TPSA) is 112 Å². The van der Waals surface area contributed by atoms with Crippen molar-refractivity contribution in [3.05, 3.63) is 65.9 Å². The summed E-state index contributed by atoms with van der Waals surface area (Å²) < 4.78 is 7.28. The van der Waals surface area contributed by atoms with Crippen molar-refractivity contribution in [1.82, 2.24) is 29.9 Å². The molecule has 0 atom stereocenters. The molecule has 0 saturated heterocycles. The summed E-state index contributed by atoms with van der Waals surface area (Å²) in [7, 11) is 0. The van der Waals surface area contributed by atoms with Crippen molar-refractivity contribution in [1.29, 1.82) is 0 Å². The van der Waals surface area contributed by atoms with Crippen LogP contribution in [-0.2, 0) is 11.2 Å². The second-order valence-corrected chi connectivity index (χ2v) is 7.60. The largest absolute Gasteiger partial charge is 0.421 e. The van der Waals surface area contributed by atoms with Crippen molar-refractivity contribution >= 4 is 11.7 Å². The number of nitrogens with zero attached hydrogens (tertiary/aromatic N) is 6. The van der Waals surface area contributed by atoms with E-state index in [1.165, 1.54) is 0 Å². The first-order valence-corrected chi connectivity index (χ1v) is 10.2. The number of benzene rings is 1. The fraction of sp³-hybridized carbons (Fsp3) is 0.273. The van der Waals surface area contributed by atoms with Gasteiger partial charge in [0.15, 0.2) is 0 Å². The van der Waals surface area contributed by atoms with Gasteiger partial charge in [-0.3, -0.25) is 4.79 Å². The second-order valence-electron chi connectivity index (χ2n) is 7.60. The maximum absolute atomic E-state index is 12.6. The van der Waals surface area contributed by atoms with Gasteiger partial charge in [0, 0.05) is 42.8 Å². The lowest BCUT2D eigenvalue weighted by molar-refractivity contribution is -0.116. The molecule has 156 valence electrons. The summed E-state index contributed by atoms with van der Waals surface area (Å²) in [5.41, 5.74) is 2.96. The van der Waals surface area contributed by atoms with Gasteiger partial charge in [-0.15, -0.1) is 10.2 Å². The highest BCUT2D eigenvalue weighted by Crippen LogP contribution is 2.40. The maximum atomic E-state index is 12.6. The molecule has 9 nitrogen and oxygen atoms in total. The summed E-state index contributed by atoms with van der Waals surface area (Å²) in [6.45, 7) is 2.02. The van der Waals surface area contributed by atoms with Gasteiger partial charge >= 0.3 is 0 Å². The first-order chi connectivity index (χ1) is 15.2. The van der Waals surface area contributed by atoms with Crippen LogP contribution in [0.4, 0.5) is 5.82 Å². The minimum absolute atomic E-state index is 0.172. The lowest BCUT2D eigenvalue weighted by Gasteiger charge is -2.06. The van der Waals surface area contributed by atoms with E-state index in [4.69, 9.17) is 4.42 Å². The molecule has 3 heterocycles. The number of amides is 1. The summed E-state index contributed by atoms with van der Waals surface area (Å²) in [6.07, 6.45) is 6.06. The zero-order valence-corrected chi connectivity index (χ0v) is 17.0. The fourth-order valence-corrected chi connectivity index (χ4v) is 3.21. The summed E-state index contributed by atoms with van der Waals surface area (Å²) in [5.74, 6) is 2.12. The van der Waals surface area contributed by atoms with Crippen LogP contribution in [0.2, 0.25) is 0 Å². The Balaban J connectivity index is 1.26. The molecule has 0 aliphatic heterocycles. The molecule has 31 heavy (non-hydrogen) atoms. The van der Waals surface area contributed by atoms with Gasteiger partial charge in [0.25, 0.3) is 5.95 Å². The Hall–Kier alpha value is -3.88. The minimum Gasteiger partial charge on any atom is -0.421 e. The number of nitrogens with one attached hydrogen (secondary N) is 1. The summed E-state index contributed by atoms with van der Waals surface area (Å²) in [4.78, 5) is 21.1. The molecule has 3 aromatic heterocycles. The predicted molar refractivity (Wildman–Crippen MR) is 113 cm³/mol. The molecule has 1 aliphatic rings. The van der Waals surface area contributed by atoms with Crippen molar-refractivity contribution in [3.8, 4) is 17.4 Å². The molecule has 1 aromatic carbocycles. The third-order valence-electron chi connectivity index (χ3n) is 5.06. The number of rotatable bonds is 7. The lowest BCUT2D eigenvalue weighted by Crippen LogP contribution is -2.16. The molecule has 0 radical (unpaired) electrons. The van der Waals surface area contributed by atoms with Crippen LogP contribution in [0.5, 0.6) is 0 Å². The highest BCUT2D eigenvalue weighted by molar-refractivity contribution is 5.90. The van der Waals surface area contributed by atoms with Crippen molar-refractivity contribution in [2.45, 2.75) is 38.5 Å². The van der Waals surface area contributed by atoms with E-state index in [2.05, 4.69) is 30.6 Å². The van der Waals surface area contributed by atoms with E-state index < -0.39 is 0 Å². The molecular formula is C22H21N7O2. The van der Waals surface area contributed by atoms with Gasteiger partial charge in [-0.25, -0.2) is 9.97 Å². The predicted octanol–water partition coefficient (Wildman–Crippen LogP) is 3.47. The van der Waals surface area contributed by atoms with E-state index in [9.17, 15) is 4.79 Å². The van der Waals surface area contributed by atoms with Crippen LogP contribution >= 0.6 is 0 Å².